The molecule has 6 heteroatoms. The van der Waals surface area contributed by atoms with Crippen LogP contribution in [0.15, 0.2) is 0 Å². The average molecular weight is 463 g/mol. The van der Waals surface area contributed by atoms with Crippen LogP contribution in [0.4, 0.5) is 0 Å². The summed E-state index contributed by atoms with van der Waals surface area (Å²) in [6, 6.07) is 0. The van der Waals surface area contributed by atoms with Gasteiger partial charge in [-0.05, 0) is 0 Å². The van der Waals surface area contributed by atoms with Gasteiger partial charge in [0.2, 0.25) is 0 Å². The summed E-state index contributed by atoms with van der Waals surface area (Å²) in [5.74, 6) is 0. The first-order valence-corrected chi connectivity index (χ1v) is 20.0. The van der Waals surface area contributed by atoms with Crippen LogP contribution < -0.4 is 0 Å². The van der Waals surface area contributed by atoms with Gasteiger partial charge in [0.15, 0.2) is 0 Å². The Hall–Kier alpha value is 1.35. The molecule has 0 fully saturated rings. The van der Waals surface area contributed by atoms with Gasteiger partial charge in [-0.15, -0.1) is 0 Å². The molecule has 0 aliphatic rings. The van der Waals surface area contributed by atoms with Gasteiger partial charge < -0.3 is 0 Å². The summed E-state index contributed by atoms with van der Waals surface area (Å²) in [5, 5.41) is 0. The molecular formula is C16H40O4SnTi. The summed E-state index contributed by atoms with van der Waals surface area (Å²) >= 11 is -6.69. The monoisotopic (exact) mass is 464 g/mol. The molecular weight excluding hydrogens is 423 g/mol. The third-order valence-electron chi connectivity index (χ3n) is 4.24. The van der Waals surface area contributed by atoms with Gasteiger partial charge in [-0.1, -0.05) is 0 Å². The molecule has 0 unspecified atom stereocenters. The molecule has 4 N–H and O–H groups in total. The van der Waals surface area contributed by atoms with Crippen molar-refractivity contribution in [2.75, 3.05) is 0 Å². The van der Waals surface area contributed by atoms with E-state index < -0.39 is 36.5 Å². The Kier molecular flexibility index (Phi) is 18.4. The molecule has 0 atom stereocenters. The third-order valence-corrected chi connectivity index (χ3v) is 20.4. The molecule has 136 valence electrons. The van der Waals surface area contributed by atoms with Gasteiger partial charge in [-0.3, -0.25) is 0 Å². The first-order valence-electron chi connectivity index (χ1n) is 9.14. The Morgan fingerprint density at radius 3 is 0.864 bits per heavy atom. The van der Waals surface area contributed by atoms with Gasteiger partial charge >= 0.3 is 148 Å². The number of hydrogen-bond acceptors (Lipinski definition) is 4. The van der Waals surface area contributed by atoms with E-state index in [9.17, 15) is 0 Å². The van der Waals surface area contributed by atoms with Crippen LogP contribution in [0.2, 0.25) is 17.7 Å². The Balaban J connectivity index is 0. The quantitative estimate of drug-likeness (QED) is 0.324. The van der Waals surface area contributed by atoms with Gasteiger partial charge in [0.1, 0.15) is 0 Å². The first-order chi connectivity index (χ1) is 10.2. The van der Waals surface area contributed by atoms with Gasteiger partial charge in [0.05, 0.1) is 0 Å². The molecule has 22 heavy (non-hydrogen) atoms. The maximum atomic E-state index is 7.38. The average Bonchev–Trinajstić information content (AvgIpc) is 2.44. The van der Waals surface area contributed by atoms with Crippen LogP contribution in [0.5, 0.6) is 0 Å². The summed E-state index contributed by atoms with van der Waals surface area (Å²) < 4.78 is 36.3. The molecule has 0 radical (unpaired) electrons. The summed E-state index contributed by atoms with van der Waals surface area (Å²) in [4.78, 5) is 0. The SMILES string of the molecule is CCC[CH2][Sn]([CH2]CCC)([CH2]CCC)[CH2]CCC.[OH][Ti]([OH])([OH])[OH]. The van der Waals surface area contributed by atoms with Crippen LogP contribution in [-0.2, 0) is 18.1 Å². The summed E-state index contributed by atoms with van der Waals surface area (Å²) in [7, 11) is 0. The fourth-order valence-electron chi connectivity index (χ4n) is 2.96. The Morgan fingerprint density at radius 2 is 0.727 bits per heavy atom. The van der Waals surface area contributed by atoms with Crippen LogP contribution in [-0.4, -0.2) is 33.1 Å². The van der Waals surface area contributed by atoms with E-state index in [1.54, 1.807) is 17.7 Å². The van der Waals surface area contributed by atoms with Gasteiger partial charge in [-0.25, -0.2) is 0 Å². The maximum absolute atomic E-state index is 7.38. The zero-order valence-corrected chi connectivity index (χ0v) is 19.7. The van der Waals surface area contributed by atoms with E-state index in [0.29, 0.717) is 0 Å². The number of hydrogen-bond donors (Lipinski definition) is 4. The van der Waals surface area contributed by atoms with Crippen molar-refractivity contribution in [1.29, 1.82) is 0 Å². The van der Waals surface area contributed by atoms with E-state index >= 15 is 0 Å². The normalized spacial score (nSPS) is 12.0. The van der Waals surface area contributed by atoms with Crippen LogP contribution in [0, 0.1) is 0 Å². The molecule has 0 spiro atoms. The van der Waals surface area contributed by atoms with Crippen molar-refractivity contribution in [3.05, 3.63) is 0 Å². The minimum atomic E-state index is -5.00. The fraction of sp³-hybridized carbons (Fsp3) is 1.00. The molecule has 0 aromatic heterocycles. The summed E-state index contributed by atoms with van der Waals surface area (Å²) in [5.41, 5.74) is 0. The molecule has 0 aromatic rings. The van der Waals surface area contributed by atoms with E-state index in [1.165, 1.54) is 51.4 Å². The van der Waals surface area contributed by atoms with E-state index in [0.717, 1.165) is 0 Å². The van der Waals surface area contributed by atoms with Crippen molar-refractivity contribution in [2.45, 2.75) is 96.8 Å². The van der Waals surface area contributed by atoms with Crippen LogP contribution in [0.25, 0.3) is 0 Å². The Labute approximate surface area is 147 Å². The molecule has 0 aliphatic carbocycles. The van der Waals surface area contributed by atoms with Gasteiger partial charge in [0, 0.05) is 0 Å². The molecule has 0 saturated heterocycles. The standard InChI is InChI=1S/4C4H9.4H2O.Sn.Ti/c4*1-3-4-2;;;;;;/h4*1,3-4H2,2H3;4*1H2;;/q;;;;;;;;;+4/p-4. The second-order valence-corrected chi connectivity index (χ2v) is 22.7. The second-order valence-electron chi connectivity index (χ2n) is 6.51. The van der Waals surface area contributed by atoms with Crippen LogP contribution in [0.3, 0.4) is 0 Å². The van der Waals surface area contributed by atoms with E-state index in [-0.39, 0.29) is 0 Å². The van der Waals surface area contributed by atoms with E-state index in [4.69, 9.17) is 14.8 Å². The van der Waals surface area contributed by atoms with Gasteiger partial charge in [-0.2, -0.15) is 0 Å². The van der Waals surface area contributed by atoms with Crippen molar-refractivity contribution in [1.82, 2.24) is 0 Å². The van der Waals surface area contributed by atoms with Crippen molar-refractivity contribution in [3.8, 4) is 0 Å². The molecule has 0 aliphatic heterocycles. The van der Waals surface area contributed by atoms with Crippen molar-refractivity contribution < 1.29 is 32.9 Å². The number of unbranched alkanes of at least 4 members (excludes halogenated alkanes) is 4. The molecule has 0 bridgehead atoms. The number of rotatable bonds is 12. The zero-order chi connectivity index (χ0) is 17.5. The molecule has 0 heterocycles. The summed E-state index contributed by atoms with van der Waals surface area (Å²) in [6.45, 7) is 9.48. The molecule has 0 aromatic carbocycles. The molecule has 0 saturated carbocycles. The molecule has 4 nitrogen and oxygen atoms in total. The van der Waals surface area contributed by atoms with Crippen LogP contribution >= 0.6 is 0 Å². The second kappa shape index (κ2) is 15.9. The molecule has 0 amide bonds. The Morgan fingerprint density at radius 1 is 0.545 bits per heavy atom. The minimum absolute atomic E-state index is 1.42. The zero-order valence-electron chi connectivity index (χ0n) is 15.3. The van der Waals surface area contributed by atoms with Crippen molar-refractivity contribution in [3.63, 3.8) is 0 Å². The predicted molar refractivity (Wildman–Crippen MR) is 93.5 cm³/mol. The van der Waals surface area contributed by atoms with E-state index in [2.05, 4.69) is 27.7 Å². The topological polar surface area (TPSA) is 80.9 Å². The predicted octanol–water partition coefficient (Wildman–Crippen LogP) is 4.41. The third kappa shape index (κ3) is 19.4. The van der Waals surface area contributed by atoms with Crippen LogP contribution in [0.1, 0.15) is 79.1 Å². The van der Waals surface area contributed by atoms with Gasteiger partial charge in [0.25, 0.3) is 0 Å². The molecule has 0 rings (SSSR count). The first kappa shape index (κ1) is 25.6. The fourth-order valence-corrected chi connectivity index (χ4v) is 19.8. The van der Waals surface area contributed by atoms with E-state index in [1.807, 2.05) is 0 Å². The Bertz CT molecular complexity index is 191. The summed E-state index contributed by atoms with van der Waals surface area (Å²) in [6.07, 6.45) is 11.8. The van der Waals surface area contributed by atoms with Crippen molar-refractivity contribution >= 4 is 18.4 Å². The van der Waals surface area contributed by atoms with Crippen molar-refractivity contribution in [2.24, 2.45) is 0 Å².